The normalized spacial score (nSPS) is 18.6. The van der Waals surface area contributed by atoms with E-state index >= 15 is 0 Å². The van der Waals surface area contributed by atoms with Crippen molar-refractivity contribution in [2.45, 2.75) is 25.7 Å². The predicted molar refractivity (Wildman–Crippen MR) is 82.1 cm³/mol. The number of guanidine groups is 1. The number of aryl methyl sites for hydroxylation is 2. The number of hydrogen-bond donors (Lipinski definition) is 2. The first kappa shape index (κ1) is 13.2. The zero-order valence-electron chi connectivity index (χ0n) is 11.7. The van der Waals surface area contributed by atoms with E-state index in [9.17, 15) is 0 Å². The fraction of sp³-hybridized carbons (Fsp3) is 0.438. The van der Waals surface area contributed by atoms with E-state index in [1.807, 2.05) is 0 Å². The number of benzene rings is 1. The standard InChI is InChI=1S/C16H21N3O/c17-16(18-10-12-3-2-8-20-11-12)19-15-7-6-13-4-1-5-14(13)9-15/h3,6-7,9H,1-2,4-5,8,10-11H2,(H3,17,18,19). The van der Waals surface area contributed by atoms with Crippen LogP contribution >= 0.6 is 0 Å². The summed E-state index contributed by atoms with van der Waals surface area (Å²) in [4.78, 5) is 4.37. The maximum absolute atomic E-state index is 5.94. The Labute approximate surface area is 119 Å². The van der Waals surface area contributed by atoms with Gasteiger partial charge in [-0.2, -0.15) is 0 Å². The average Bonchev–Trinajstić information content (AvgIpc) is 2.94. The Morgan fingerprint density at radius 3 is 3.05 bits per heavy atom. The lowest BCUT2D eigenvalue weighted by molar-refractivity contribution is 0.150. The summed E-state index contributed by atoms with van der Waals surface area (Å²) >= 11 is 0. The number of nitrogens with zero attached hydrogens (tertiary/aromatic N) is 1. The van der Waals surface area contributed by atoms with Crippen molar-refractivity contribution in [2.24, 2.45) is 10.7 Å². The number of rotatable bonds is 3. The van der Waals surface area contributed by atoms with Crippen molar-refractivity contribution in [3.63, 3.8) is 0 Å². The van der Waals surface area contributed by atoms with E-state index < -0.39 is 0 Å². The van der Waals surface area contributed by atoms with Crippen LogP contribution in [0.2, 0.25) is 0 Å². The van der Waals surface area contributed by atoms with E-state index in [2.05, 4.69) is 34.6 Å². The van der Waals surface area contributed by atoms with Crippen molar-refractivity contribution in [1.82, 2.24) is 0 Å². The third-order valence-electron chi connectivity index (χ3n) is 3.81. The zero-order chi connectivity index (χ0) is 13.8. The summed E-state index contributed by atoms with van der Waals surface area (Å²) in [6, 6.07) is 6.46. The highest BCUT2D eigenvalue weighted by Gasteiger charge is 2.11. The van der Waals surface area contributed by atoms with Gasteiger partial charge in [0.15, 0.2) is 5.96 Å². The molecule has 1 aliphatic heterocycles. The van der Waals surface area contributed by atoms with Gasteiger partial charge in [-0.05, 0) is 54.5 Å². The largest absolute Gasteiger partial charge is 0.377 e. The highest BCUT2D eigenvalue weighted by molar-refractivity contribution is 5.92. The molecule has 0 bridgehead atoms. The van der Waals surface area contributed by atoms with E-state index in [4.69, 9.17) is 10.5 Å². The van der Waals surface area contributed by atoms with Gasteiger partial charge in [-0.1, -0.05) is 12.1 Å². The minimum Gasteiger partial charge on any atom is -0.377 e. The molecule has 3 rings (SSSR count). The maximum atomic E-state index is 5.94. The Balaban J connectivity index is 1.60. The van der Waals surface area contributed by atoms with Gasteiger partial charge >= 0.3 is 0 Å². The second-order valence-corrected chi connectivity index (χ2v) is 5.37. The van der Waals surface area contributed by atoms with Gasteiger partial charge in [0.05, 0.1) is 19.8 Å². The van der Waals surface area contributed by atoms with Crippen LogP contribution in [0.4, 0.5) is 5.69 Å². The van der Waals surface area contributed by atoms with Crippen LogP contribution in [0, 0.1) is 0 Å². The number of aliphatic imine (C=N–C) groups is 1. The molecule has 0 radical (unpaired) electrons. The smallest absolute Gasteiger partial charge is 0.193 e. The fourth-order valence-corrected chi connectivity index (χ4v) is 2.74. The van der Waals surface area contributed by atoms with Gasteiger partial charge in [-0.15, -0.1) is 0 Å². The minimum absolute atomic E-state index is 0.467. The number of fused-ring (bicyclic) bond motifs is 1. The lowest BCUT2D eigenvalue weighted by atomic mass is 10.1. The van der Waals surface area contributed by atoms with Crippen molar-refractivity contribution in [1.29, 1.82) is 0 Å². The quantitative estimate of drug-likeness (QED) is 0.503. The molecule has 1 aromatic carbocycles. The molecule has 0 fully saturated rings. The van der Waals surface area contributed by atoms with Crippen molar-refractivity contribution < 1.29 is 4.74 Å². The molecule has 3 N–H and O–H groups in total. The van der Waals surface area contributed by atoms with Crippen molar-refractivity contribution in [2.75, 3.05) is 25.1 Å². The summed E-state index contributed by atoms with van der Waals surface area (Å²) in [6.45, 7) is 2.11. The van der Waals surface area contributed by atoms with Gasteiger partial charge < -0.3 is 15.8 Å². The van der Waals surface area contributed by atoms with Gasteiger partial charge in [0.2, 0.25) is 0 Å². The Kier molecular flexibility index (Phi) is 4.02. The van der Waals surface area contributed by atoms with Gasteiger partial charge in [0, 0.05) is 5.69 Å². The number of nitrogens with two attached hydrogens (primary N) is 1. The SMILES string of the molecule is NC(=NCC1=CCCOC1)Nc1ccc2c(c1)CCC2. The van der Waals surface area contributed by atoms with Crippen LogP contribution in [0.15, 0.2) is 34.8 Å². The lowest BCUT2D eigenvalue weighted by Crippen LogP contribution is -2.23. The van der Waals surface area contributed by atoms with Gasteiger partial charge in [-0.25, -0.2) is 4.99 Å². The Hall–Kier alpha value is -1.81. The Morgan fingerprint density at radius 2 is 2.20 bits per heavy atom. The van der Waals surface area contributed by atoms with Crippen LogP contribution in [0.3, 0.4) is 0 Å². The molecule has 4 heteroatoms. The molecule has 0 atom stereocenters. The number of anilines is 1. The molecule has 0 saturated carbocycles. The second kappa shape index (κ2) is 6.09. The lowest BCUT2D eigenvalue weighted by Gasteiger charge is -2.12. The molecule has 0 spiro atoms. The first-order valence-corrected chi connectivity index (χ1v) is 7.26. The van der Waals surface area contributed by atoms with Crippen LogP contribution in [-0.4, -0.2) is 25.7 Å². The fourth-order valence-electron chi connectivity index (χ4n) is 2.74. The van der Waals surface area contributed by atoms with E-state index in [0.29, 0.717) is 19.1 Å². The number of ether oxygens (including phenoxy) is 1. The van der Waals surface area contributed by atoms with Gasteiger partial charge in [-0.3, -0.25) is 0 Å². The molecular formula is C16H21N3O. The predicted octanol–water partition coefficient (Wildman–Crippen LogP) is 2.25. The molecule has 4 nitrogen and oxygen atoms in total. The summed E-state index contributed by atoms with van der Waals surface area (Å²) < 4.78 is 5.38. The maximum Gasteiger partial charge on any atom is 0.193 e. The van der Waals surface area contributed by atoms with Crippen molar-refractivity contribution in [3.05, 3.63) is 41.0 Å². The van der Waals surface area contributed by atoms with Crippen molar-refractivity contribution >= 4 is 11.6 Å². The highest BCUT2D eigenvalue weighted by atomic mass is 16.5. The van der Waals surface area contributed by atoms with Crippen LogP contribution < -0.4 is 11.1 Å². The van der Waals surface area contributed by atoms with E-state index in [1.54, 1.807) is 0 Å². The van der Waals surface area contributed by atoms with Gasteiger partial charge in [0.1, 0.15) is 0 Å². The molecule has 0 amide bonds. The summed E-state index contributed by atoms with van der Waals surface area (Å²) in [5.74, 6) is 0.467. The van der Waals surface area contributed by atoms with Crippen LogP contribution in [-0.2, 0) is 17.6 Å². The molecule has 1 aromatic rings. The van der Waals surface area contributed by atoms with E-state index in [-0.39, 0.29) is 0 Å². The molecule has 0 aromatic heterocycles. The number of hydrogen-bond acceptors (Lipinski definition) is 2. The first-order valence-electron chi connectivity index (χ1n) is 7.26. The van der Waals surface area contributed by atoms with Gasteiger partial charge in [0.25, 0.3) is 0 Å². The molecule has 106 valence electrons. The molecule has 0 saturated heterocycles. The average molecular weight is 271 g/mol. The highest BCUT2D eigenvalue weighted by Crippen LogP contribution is 2.24. The topological polar surface area (TPSA) is 59.6 Å². The molecule has 0 unspecified atom stereocenters. The molecule has 1 heterocycles. The monoisotopic (exact) mass is 271 g/mol. The Morgan fingerprint density at radius 1 is 1.30 bits per heavy atom. The minimum atomic E-state index is 0.467. The first-order chi connectivity index (χ1) is 9.81. The number of nitrogens with one attached hydrogen (secondary N) is 1. The zero-order valence-corrected chi connectivity index (χ0v) is 11.7. The summed E-state index contributed by atoms with van der Waals surface area (Å²) in [6.07, 6.45) is 6.80. The van der Waals surface area contributed by atoms with Crippen LogP contribution in [0.1, 0.15) is 24.0 Å². The van der Waals surface area contributed by atoms with Crippen molar-refractivity contribution in [3.8, 4) is 0 Å². The summed E-state index contributed by atoms with van der Waals surface area (Å²) in [7, 11) is 0. The van der Waals surface area contributed by atoms with E-state index in [0.717, 1.165) is 18.7 Å². The summed E-state index contributed by atoms with van der Waals surface area (Å²) in [5, 5.41) is 3.17. The van der Waals surface area contributed by atoms with Crippen LogP contribution in [0.25, 0.3) is 0 Å². The van der Waals surface area contributed by atoms with E-state index in [1.165, 1.54) is 36.0 Å². The molecule has 2 aliphatic rings. The molecule has 1 aliphatic carbocycles. The third-order valence-corrected chi connectivity index (χ3v) is 3.81. The molecule has 20 heavy (non-hydrogen) atoms. The second-order valence-electron chi connectivity index (χ2n) is 5.37. The van der Waals surface area contributed by atoms with Crippen LogP contribution in [0.5, 0.6) is 0 Å². The summed E-state index contributed by atoms with van der Waals surface area (Å²) in [5.41, 5.74) is 11.1. The third kappa shape index (κ3) is 3.20. The Bertz CT molecular complexity index is 549. The molecular weight excluding hydrogens is 250 g/mol.